The summed E-state index contributed by atoms with van der Waals surface area (Å²) in [4.78, 5) is 16.0. The summed E-state index contributed by atoms with van der Waals surface area (Å²) < 4.78 is 1.65. The predicted octanol–water partition coefficient (Wildman–Crippen LogP) is 1.33. The van der Waals surface area contributed by atoms with Crippen LogP contribution in [-0.2, 0) is 4.79 Å². The summed E-state index contributed by atoms with van der Waals surface area (Å²) in [5, 5.41) is 6.82. The standard InChI is InChI=1S/C13H17N5O/c1-2-4-11(14)13(19)17-10-5-6-12(15-9-10)18-8-3-7-16-18/h3,5-9,11H,2,4,14H2,1H3,(H,17,19)/t11-/m0/s1. The zero-order chi connectivity index (χ0) is 13.7. The minimum atomic E-state index is -0.476. The molecule has 0 unspecified atom stereocenters. The summed E-state index contributed by atoms with van der Waals surface area (Å²) in [6, 6.07) is 4.91. The van der Waals surface area contributed by atoms with Gasteiger partial charge in [0.1, 0.15) is 0 Å². The molecule has 0 fully saturated rings. The van der Waals surface area contributed by atoms with Crippen molar-refractivity contribution in [1.82, 2.24) is 14.8 Å². The van der Waals surface area contributed by atoms with E-state index in [9.17, 15) is 4.79 Å². The highest BCUT2D eigenvalue weighted by molar-refractivity contribution is 5.94. The SMILES string of the molecule is CCC[C@H](N)C(=O)Nc1ccc(-n2cccn2)nc1. The number of pyridine rings is 1. The van der Waals surface area contributed by atoms with Gasteiger partial charge in [-0.15, -0.1) is 0 Å². The average molecular weight is 259 g/mol. The minimum absolute atomic E-state index is 0.185. The Morgan fingerprint density at radius 1 is 1.53 bits per heavy atom. The van der Waals surface area contributed by atoms with Crippen LogP contribution in [0.15, 0.2) is 36.8 Å². The summed E-state index contributed by atoms with van der Waals surface area (Å²) in [5.41, 5.74) is 6.37. The summed E-state index contributed by atoms with van der Waals surface area (Å²) in [6.45, 7) is 1.99. The van der Waals surface area contributed by atoms with Crippen LogP contribution >= 0.6 is 0 Å². The quantitative estimate of drug-likeness (QED) is 0.848. The Morgan fingerprint density at radius 2 is 2.37 bits per heavy atom. The summed E-state index contributed by atoms with van der Waals surface area (Å²) >= 11 is 0. The van der Waals surface area contributed by atoms with Crippen LogP contribution in [-0.4, -0.2) is 26.7 Å². The molecule has 0 aliphatic rings. The molecular formula is C13H17N5O. The Balaban J connectivity index is 2.01. The van der Waals surface area contributed by atoms with E-state index in [0.717, 1.165) is 6.42 Å². The van der Waals surface area contributed by atoms with Gasteiger partial charge in [-0.1, -0.05) is 13.3 Å². The maximum atomic E-state index is 11.7. The van der Waals surface area contributed by atoms with Gasteiger partial charge in [0.05, 0.1) is 17.9 Å². The van der Waals surface area contributed by atoms with E-state index in [4.69, 9.17) is 5.73 Å². The van der Waals surface area contributed by atoms with Gasteiger partial charge in [0.2, 0.25) is 5.91 Å². The second kappa shape index (κ2) is 6.10. The van der Waals surface area contributed by atoms with Gasteiger partial charge >= 0.3 is 0 Å². The molecule has 1 atom stereocenters. The Hall–Kier alpha value is -2.21. The van der Waals surface area contributed by atoms with Gasteiger partial charge in [-0.25, -0.2) is 9.67 Å². The fraction of sp³-hybridized carbons (Fsp3) is 0.308. The van der Waals surface area contributed by atoms with Gasteiger partial charge in [-0.2, -0.15) is 5.10 Å². The Kier molecular flexibility index (Phi) is 4.25. The van der Waals surface area contributed by atoms with Gasteiger partial charge in [-0.05, 0) is 24.6 Å². The molecule has 0 bridgehead atoms. The first kappa shape index (κ1) is 13.2. The van der Waals surface area contributed by atoms with E-state index in [0.29, 0.717) is 17.9 Å². The summed E-state index contributed by atoms with van der Waals surface area (Å²) in [7, 11) is 0. The summed E-state index contributed by atoms with van der Waals surface area (Å²) in [6.07, 6.45) is 6.63. The highest BCUT2D eigenvalue weighted by Gasteiger charge is 2.12. The molecule has 6 nitrogen and oxygen atoms in total. The third kappa shape index (κ3) is 3.38. The van der Waals surface area contributed by atoms with Crippen LogP contribution < -0.4 is 11.1 Å². The lowest BCUT2D eigenvalue weighted by atomic mass is 10.1. The van der Waals surface area contributed by atoms with E-state index in [2.05, 4.69) is 15.4 Å². The second-order valence-corrected chi connectivity index (χ2v) is 4.24. The van der Waals surface area contributed by atoms with E-state index in [1.54, 1.807) is 35.4 Å². The highest BCUT2D eigenvalue weighted by atomic mass is 16.2. The number of rotatable bonds is 5. The number of carbonyl (C=O) groups is 1. The maximum absolute atomic E-state index is 11.7. The molecule has 100 valence electrons. The van der Waals surface area contributed by atoms with Gasteiger partial charge < -0.3 is 11.1 Å². The normalized spacial score (nSPS) is 12.1. The topological polar surface area (TPSA) is 85.8 Å². The van der Waals surface area contributed by atoms with E-state index in [1.165, 1.54) is 0 Å². The number of carbonyl (C=O) groups excluding carboxylic acids is 1. The molecule has 2 aromatic heterocycles. The number of nitrogens with two attached hydrogens (primary N) is 1. The smallest absolute Gasteiger partial charge is 0.241 e. The minimum Gasteiger partial charge on any atom is -0.323 e. The lowest BCUT2D eigenvalue weighted by Gasteiger charge is -2.11. The van der Waals surface area contributed by atoms with Gasteiger partial charge in [0.15, 0.2) is 5.82 Å². The second-order valence-electron chi connectivity index (χ2n) is 4.24. The van der Waals surface area contributed by atoms with Crippen molar-refractivity contribution in [1.29, 1.82) is 0 Å². The molecule has 0 aromatic carbocycles. The van der Waals surface area contributed by atoms with Crippen LogP contribution in [0.1, 0.15) is 19.8 Å². The molecule has 0 aliphatic heterocycles. The molecule has 19 heavy (non-hydrogen) atoms. The van der Waals surface area contributed by atoms with Crippen LogP contribution in [0.4, 0.5) is 5.69 Å². The van der Waals surface area contributed by atoms with E-state index < -0.39 is 6.04 Å². The first-order valence-electron chi connectivity index (χ1n) is 6.23. The average Bonchev–Trinajstić information content (AvgIpc) is 2.94. The molecule has 0 radical (unpaired) electrons. The number of amides is 1. The number of nitrogens with one attached hydrogen (secondary N) is 1. The first-order chi connectivity index (χ1) is 9.20. The van der Waals surface area contributed by atoms with Crippen LogP contribution in [0.25, 0.3) is 5.82 Å². The third-order valence-electron chi connectivity index (χ3n) is 2.69. The van der Waals surface area contributed by atoms with E-state index in [-0.39, 0.29) is 5.91 Å². The van der Waals surface area contributed by atoms with Crippen molar-refractivity contribution < 1.29 is 4.79 Å². The third-order valence-corrected chi connectivity index (χ3v) is 2.69. The van der Waals surface area contributed by atoms with Crippen molar-refractivity contribution in [3.8, 4) is 5.82 Å². The molecule has 1 amide bonds. The largest absolute Gasteiger partial charge is 0.323 e. The van der Waals surface area contributed by atoms with Crippen LogP contribution in [0.3, 0.4) is 0 Å². The van der Waals surface area contributed by atoms with E-state index >= 15 is 0 Å². The van der Waals surface area contributed by atoms with Crippen LogP contribution in [0.5, 0.6) is 0 Å². The summed E-state index contributed by atoms with van der Waals surface area (Å²) in [5.74, 6) is 0.511. The van der Waals surface area contributed by atoms with Gasteiger partial charge in [0, 0.05) is 12.4 Å². The van der Waals surface area contributed by atoms with Crippen molar-refractivity contribution >= 4 is 11.6 Å². The van der Waals surface area contributed by atoms with Crippen molar-refractivity contribution in [3.63, 3.8) is 0 Å². The first-order valence-corrected chi connectivity index (χ1v) is 6.23. The molecule has 2 rings (SSSR count). The monoisotopic (exact) mass is 259 g/mol. The number of hydrogen-bond donors (Lipinski definition) is 2. The maximum Gasteiger partial charge on any atom is 0.241 e. The molecule has 6 heteroatoms. The van der Waals surface area contributed by atoms with E-state index in [1.807, 2.05) is 13.0 Å². The zero-order valence-electron chi connectivity index (χ0n) is 10.8. The lowest BCUT2D eigenvalue weighted by molar-refractivity contribution is -0.117. The molecule has 0 saturated carbocycles. The van der Waals surface area contributed by atoms with Crippen LogP contribution in [0.2, 0.25) is 0 Å². The number of aromatic nitrogens is 3. The molecule has 0 saturated heterocycles. The van der Waals surface area contributed by atoms with Crippen molar-refractivity contribution in [3.05, 3.63) is 36.8 Å². The number of nitrogens with zero attached hydrogens (tertiary/aromatic N) is 3. The fourth-order valence-electron chi connectivity index (χ4n) is 1.68. The Bertz CT molecular complexity index is 520. The zero-order valence-corrected chi connectivity index (χ0v) is 10.8. The molecule has 0 aliphatic carbocycles. The number of hydrogen-bond acceptors (Lipinski definition) is 4. The Morgan fingerprint density at radius 3 is 2.95 bits per heavy atom. The molecule has 2 aromatic rings. The fourth-order valence-corrected chi connectivity index (χ4v) is 1.68. The molecule has 2 heterocycles. The highest BCUT2D eigenvalue weighted by Crippen LogP contribution is 2.09. The predicted molar refractivity (Wildman–Crippen MR) is 72.9 cm³/mol. The lowest BCUT2D eigenvalue weighted by Crippen LogP contribution is -2.35. The molecular weight excluding hydrogens is 242 g/mol. The van der Waals surface area contributed by atoms with Gasteiger partial charge in [-0.3, -0.25) is 4.79 Å². The Labute approximate surface area is 111 Å². The number of anilines is 1. The van der Waals surface area contributed by atoms with Crippen molar-refractivity contribution in [2.75, 3.05) is 5.32 Å². The van der Waals surface area contributed by atoms with Crippen molar-refractivity contribution in [2.24, 2.45) is 5.73 Å². The van der Waals surface area contributed by atoms with Gasteiger partial charge in [0.25, 0.3) is 0 Å². The van der Waals surface area contributed by atoms with Crippen LogP contribution in [0, 0.1) is 0 Å². The molecule has 0 spiro atoms. The van der Waals surface area contributed by atoms with Crippen molar-refractivity contribution in [2.45, 2.75) is 25.8 Å². The molecule has 3 N–H and O–H groups in total.